The normalized spacial score (nSPS) is 18.5. The van der Waals surface area contributed by atoms with Crippen LogP contribution in [0.5, 0.6) is 0 Å². The summed E-state index contributed by atoms with van der Waals surface area (Å²) in [5.41, 5.74) is -4.56. The average molecular weight is 927 g/mol. The highest BCUT2D eigenvalue weighted by Gasteiger charge is 2.60. The maximum absolute atomic E-state index is 14.1. The molecule has 66 heavy (non-hydrogen) atoms. The molecule has 2 fully saturated rings. The van der Waals surface area contributed by atoms with E-state index in [9.17, 15) is 29.4 Å². The number of nitrogens with zero attached hydrogens (tertiary/aromatic N) is 2. The minimum atomic E-state index is -1.73. The zero-order valence-corrected chi connectivity index (χ0v) is 45.2. The van der Waals surface area contributed by atoms with Gasteiger partial charge in [-0.1, -0.05) is 194 Å². The van der Waals surface area contributed by atoms with Crippen LogP contribution in [0, 0.1) is 17.3 Å². The fraction of sp³-hybridized carbons (Fsp3) is 0.931. The van der Waals surface area contributed by atoms with Gasteiger partial charge in [-0.2, -0.15) is 0 Å². The third kappa shape index (κ3) is 20.1. The van der Waals surface area contributed by atoms with Gasteiger partial charge in [-0.05, 0) is 112 Å². The molecule has 0 aromatic heterocycles. The molecule has 8 nitrogen and oxygen atoms in total. The number of aliphatic carboxylic acids is 2. The number of carbonyl (C=O) groups is 4. The van der Waals surface area contributed by atoms with Gasteiger partial charge in [0.1, 0.15) is 0 Å². The van der Waals surface area contributed by atoms with E-state index in [1.807, 2.05) is 65.2 Å². The Balaban J connectivity index is 1.96. The topological polar surface area (TPSA) is 121 Å². The van der Waals surface area contributed by atoms with Crippen LogP contribution in [0.15, 0.2) is 0 Å². The average Bonchev–Trinajstić information content (AvgIpc) is 3.20. The molecular formula is C58H106N2O6-2. The van der Waals surface area contributed by atoms with Crippen LogP contribution in [-0.2, 0) is 19.2 Å². The van der Waals surface area contributed by atoms with Crippen LogP contribution >= 0.6 is 0 Å². The van der Waals surface area contributed by atoms with Crippen molar-refractivity contribution in [1.82, 2.24) is 9.80 Å². The molecule has 0 saturated carbocycles. The van der Waals surface area contributed by atoms with Crippen molar-refractivity contribution in [3.05, 3.63) is 0 Å². The standard InChI is InChI=1S/C58H108N2O6/c1-11-13-15-17-19-21-23-25-27-29-31-33-35-37-39-41-50(61)59-54(3,4)43-48(44-55(59,5)6)58(53(65)66,47-52(63)64)49-45-56(7,8)60(57(9,10)46-49)51(62)42-40-38-36-34-32-30-28-26-24-22-20-18-16-14-12-2/h48-49H,11-47H2,1-10H3,(H,63,64)(H,65,66)/p-2. The Kier molecular flexibility index (Phi) is 27.7. The molecule has 0 bridgehead atoms. The van der Waals surface area contributed by atoms with E-state index in [0.717, 1.165) is 38.5 Å². The molecule has 0 spiro atoms. The maximum Gasteiger partial charge on any atom is 0.223 e. The quantitative estimate of drug-likeness (QED) is 0.0572. The van der Waals surface area contributed by atoms with E-state index in [1.165, 1.54) is 154 Å². The smallest absolute Gasteiger partial charge is 0.223 e. The van der Waals surface area contributed by atoms with Gasteiger partial charge in [-0.3, -0.25) is 9.59 Å². The Hall–Kier alpha value is -2.12. The first-order chi connectivity index (χ1) is 31.2. The molecule has 386 valence electrons. The van der Waals surface area contributed by atoms with Gasteiger partial charge in [-0.15, -0.1) is 0 Å². The zero-order chi connectivity index (χ0) is 49.3. The van der Waals surface area contributed by atoms with Crippen LogP contribution in [-0.4, -0.2) is 55.7 Å². The Morgan fingerprint density at radius 1 is 0.394 bits per heavy atom. The molecule has 2 aliphatic heterocycles. The van der Waals surface area contributed by atoms with Crippen molar-refractivity contribution in [2.75, 3.05) is 0 Å². The fourth-order valence-corrected chi connectivity index (χ4v) is 13.4. The van der Waals surface area contributed by atoms with Crippen LogP contribution in [0.3, 0.4) is 0 Å². The summed E-state index contributed by atoms with van der Waals surface area (Å²) in [5, 5.41) is 26.5. The molecule has 2 amide bonds. The van der Waals surface area contributed by atoms with E-state index >= 15 is 0 Å². The van der Waals surface area contributed by atoms with Gasteiger partial charge in [-0.25, -0.2) is 0 Å². The van der Waals surface area contributed by atoms with Crippen LogP contribution in [0.25, 0.3) is 0 Å². The number of carboxylic acid groups (broad SMARTS) is 2. The van der Waals surface area contributed by atoms with Crippen molar-refractivity contribution < 1.29 is 29.4 Å². The Bertz CT molecular complexity index is 1260. The lowest BCUT2D eigenvalue weighted by Gasteiger charge is -2.64. The molecule has 0 aliphatic carbocycles. The number of hydrogen-bond donors (Lipinski definition) is 0. The van der Waals surface area contributed by atoms with Gasteiger partial charge >= 0.3 is 0 Å². The first-order valence-corrected chi connectivity index (χ1v) is 28.3. The predicted molar refractivity (Wildman–Crippen MR) is 272 cm³/mol. The zero-order valence-electron chi connectivity index (χ0n) is 45.2. The second kappa shape index (κ2) is 30.5. The molecular weight excluding hydrogens is 821 g/mol. The third-order valence-electron chi connectivity index (χ3n) is 16.2. The van der Waals surface area contributed by atoms with Crippen LogP contribution in [0.2, 0.25) is 0 Å². The first-order valence-electron chi connectivity index (χ1n) is 28.3. The molecule has 0 N–H and O–H groups in total. The summed E-state index contributed by atoms with van der Waals surface area (Å²) in [4.78, 5) is 58.6. The van der Waals surface area contributed by atoms with Gasteiger partial charge in [0.15, 0.2) is 0 Å². The molecule has 2 saturated heterocycles. The van der Waals surface area contributed by atoms with Crippen LogP contribution < -0.4 is 10.2 Å². The van der Waals surface area contributed by atoms with Gasteiger partial charge in [0.25, 0.3) is 0 Å². The SMILES string of the molecule is CCCCCCCCCCCCCCCCCC(=O)N1C(C)(C)CC(C(CC(=O)[O-])(C(=O)[O-])C2CC(C)(C)N(C(=O)CCCCCCCCCCCCCCCCC)C(C)(C)C2)CC1(C)C. The maximum atomic E-state index is 14.1. The number of carboxylic acids is 2. The highest BCUT2D eigenvalue weighted by molar-refractivity contribution is 5.82. The Labute approximate surface area is 407 Å². The predicted octanol–water partition coefficient (Wildman–Crippen LogP) is 14.0. The highest BCUT2D eigenvalue weighted by atomic mass is 16.4. The summed E-state index contributed by atoms with van der Waals surface area (Å²) >= 11 is 0. The molecule has 2 heterocycles. The number of rotatable bonds is 37. The monoisotopic (exact) mass is 927 g/mol. The molecule has 0 aromatic carbocycles. The van der Waals surface area contributed by atoms with Crippen molar-refractivity contribution in [3.63, 3.8) is 0 Å². The van der Waals surface area contributed by atoms with Gasteiger partial charge in [0.05, 0.1) is 0 Å². The number of likely N-dealkylation sites (tertiary alicyclic amines) is 2. The van der Waals surface area contributed by atoms with Crippen LogP contribution in [0.1, 0.15) is 307 Å². The number of carbonyl (C=O) groups excluding carboxylic acids is 4. The van der Waals surface area contributed by atoms with Crippen molar-refractivity contribution in [3.8, 4) is 0 Å². The van der Waals surface area contributed by atoms with Crippen molar-refractivity contribution in [2.45, 2.75) is 329 Å². The first kappa shape index (κ1) is 60.0. The summed E-state index contributed by atoms with van der Waals surface area (Å²) in [6, 6.07) is 0. The van der Waals surface area contributed by atoms with Crippen LogP contribution in [0.4, 0.5) is 0 Å². The fourth-order valence-electron chi connectivity index (χ4n) is 13.4. The minimum Gasteiger partial charge on any atom is -0.550 e. The van der Waals surface area contributed by atoms with E-state index in [-0.39, 0.29) is 11.8 Å². The van der Waals surface area contributed by atoms with Crippen molar-refractivity contribution in [1.29, 1.82) is 0 Å². The molecule has 0 radical (unpaired) electrons. The highest BCUT2D eigenvalue weighted by Crippen LogP contribution is 2.58. The lowest BCUT2D eigenvalue weighted by atomic mass is 9.52. The van der Waals surface area contributed by atoms with E-state index < -0.39 is 57.8 Å². The number of hydrogen-bond acceptors (Lipinski definition) is 6. The summed E-state index contributed by atoms with van der Waals surface area (Å²) in [5.74, 6) is -3.72. The van der Waals surface area contributed by atoms with Crippen molar-refractivity contribution >= 4 is 23.8 Å². The molecule has 8 heteroatoms. The van der Waals surface area contributed by atoms with Gasteiger partial charge < -0.3 is 29.6 Å². The van der Waals surface area contributed by atoms with E-state index in [2.05, 4.69) is 13.8 Å². The lowest BCUT2D eigenvalue weighted by molar-refractivity contribution is -0.338. The lowest BCUT2D eigenvalue weighted by Crippen LogP contribution is -2.70. The molecule has 0 aromatic rings. The van der Waals surface area contributed by atoms with E-state index in [4.69, 9.17) is 0 Å². The van der Waals surface area contributed by atoms with E-state index in [0.29, 0.717) is 38.5 Å². The minimum absolute atomic E-state index is 0.0836. The van der Waals surface area contributed by atoms with Gasteiger partial charge in [0.2, 0.25) is 11.8 Å². The molecule has 0 atom stereocenters. The second-order valence-corrected chi connectivity index (χ2v) is 24.2. The molecule has 2 aliphatic rings. The van der Waals surface area contributed by atoms with Gasteiger partial charge in [0, 0.05) is 52.4 Å². The third-order valence-corrected chi connectivity index (χ3v) is 16.2. The van der Waals surface area contributed by atoms with E-state index in [1.54, 1.807) is 0 Å². The second-order valence-electron chi connectivity index (χ2n) is 24.2. The summed E-state index contributed by atoms with van der Waals surface area (Å²) < 4.78 is 0. The Morgan fingerprint density at radius 2 is 0.606 bits per heavy atom. The summed E-state index contributed by atoms with van der Waals surface area (Å²) in [6.45, 7) is 20.6. The summed E-state index contributed by atoms with van der Waals surface area (Å²) in [7, 11) is 0. The summed E-state index contributed by atoms with van der Waals surface area (Å²) in [6.07, 6.45) is 39.6. The van der Waals surface area contributed by atoms with Crippen molar-refractivity contribution in [2.24, 2.45) is 17.3 Å². The molecule has 0 unspecified atom stereocenters. The number of amides is 2. The number of piperidine rings is 2. The Morgan fingerprint density at radius 3 is 0.803 bits per heavy atom. The largest absolute Gasteiger partial charge is 0.550 e. The molecule has 2 rings (SSSR count). The number of unbranched alkanes of at least 4 members (excludes halogenated alkanes) is 28.